The number of aromatic nitrogens is 1. The van der Waals surface area contributed by atoms with Crippen molar-refractivity contribution in [1.29, 1.82) is 0 Å². The topological polar surface area (TPSA) is 96.6 Å². The highest BCUT2D eigenvalue weighted by Gasteiger charge is 2.28. The van der Waals surface area contributed by atoms with E-state index in [0.717, 1.165) is 17.5 Å². The molecule has 0 fully saturated rings. The van der Waals surface area contributed by atoms with Crippen LogP contribution in [0.1, 0.15) is 56.2 Å². The molecule has 0 atom stereocenters. The minimum absolute atomic E-state index is 0.229. The van der Waals surface area contributed by atoms with Gasteiger partial charge in [0.25, 0.3) is 11.8 Å². The van der Waals surface area contributed by atoms with Crippen LogP contribution in [0.25, 0.3) is 0 Å². The molecule has 1 aromatic carbocycles. The molecule has 7 nitrogen and oxygen atoms in total. The maximum Gasteiger partial charge on any atom is 0.292 e. The molecule has 8 heteroatoms. The Morgan fingerprint density at radius 1 is 1.10 bits per heavy atom. The first-order chi connectivity index (χ1) is 14.9. The van der Waals surface area contributed by atoms with Crippen molar-refractivity contribution in [2.75, 3.05) is 5.32 Å². The van der Waals surface area contributed by atoms with Gasteiger partial charge in [-0.2, -0.15) is 5.10 Å². The normalized spacial score (nSPS) is 14.2. The third kappa shape index (κ3) is 4.51. The van der Waals surface area contributed by atoms with E-state index in [1.54, 1.807) is 36.5 Å². The number of hydrazone groups is 1. The Kier molecular flexibility index (Phi) is 5.86. The Morgan fingerprint density at radius 3 is 2.61 bits per heavy atom. The smallest absolute Gasteiger partial charge is 0.292 e. The molecule has 0 spiro atoms. The largest absolute Gasteiger partial charge is 0.455 e. The summed E-state index contributed by atoms with van der Waals surface area (Å²) in [5.74, 6) is 0.691. The molecule has 1 aliphatic rings. The highest BCUT2D eigenvalue weighted by Crippen LogP contribution is 2.30. The lowest BCUT2D eigenvalue weighted by molar-refractivity contribution is 0.0953. The number of nitrogens with zero attached hydrogens (tertiary/aromatic N) is 2. The minimum Gasteiger partial charge on any atom is -0.455 e. The molecule has 1 aliphatic carbocycles. The second kappa shape index (κ2) is 8.73. The van der Waals surface area contributed by atoms with Gasteiger partial charge in [-0.3, -0.25) is 9.59 Å². The summed E-state index contributed by atoms with van der Waals surface area (Å²) < 4.78 is 5.89. The Hall–Kier alpha value is -3.45. The third-order valence-corrected chi connectivity index (χ3v) is 5.34. The zero-order valence-corrected chi connectivity index (χ0v) is 17.9. The Bertz CT molecular complexity index is 1180. The molecule has 0 aliphatic heterocycles. The summed E-state index contributed by atoms with van der Waals surface area (Å²) in [6, 6.07) is 10.2. The van der Waals surface area contributed by atoms with Crippen LogP contribution in [-0.4, -0.2) is 22.5 Å². The van der Waals surface area contributed by atoms with E-state index in [1.807, 2.05) is 19.9 Å². The molecule has 3 aromatic rings. The van der Waals surface area contributed by atoms with Crippen LogP contribution in [0.2, 0.25) is 5.02 Å². The maximum atomic E-state index is 12.8. The van der Waals surface area contributed by atoms with Crippen LogP contribution in [0, 0.1) is 13.8 Å². The summed E-state index contributed by atoms with van der Waals surface area (Å²) in [6.45, 7) is 3.75. The number of amides is 2. The first-order valence-electron chi connectivity index (χ1n) is 9.91. The van der Waals surface area contributed by atoms with Crippen molar-refractivity contribution in [3.63, 3.8) is 0 Å². The van der Waals surface area contributed by atoms with E-state index in [9.17, 15) is 9.59 Å². The first-order valence-corrected chi connectivity index (χ1v) is 10.3. The van der Waals surface area contributed by atoms with Crippen LogP contribution in [0.4, 0.5) is 5.82 Å². The predicted octanol–water partition coefficient (Wildman–Crippen LogP) is 4.67. The van der Waals surface area contributed by atoms with Crippen molar-refractivity contribution < 1.29 is 14.0 Å². The third-order valence-electron chi connectivity index (χ3n) is 5.09. The molecular weight excluding hydrogens is 416 g/mol. The molecule has 4 rings (SSSR count). The Labute approximate surface area is 184 Å². The van der Waals surface area contributed by atoms with Gasteiger partial charge >= 0.3 is 0 Å². The van der Waals surface area contributed by atoms with Gasteiger partial charge in [0.2, 0.25) is 0 Å². The van der Waals surface area contributed by atoms with E-state index in [0.29, 0.717) is 46.3 Å². The number of carbonyl (C=O) groups is 2. The highest BCUT2D eigenvalue weighted by atomic mass is 35.5. The van der Waals surface area contributed by atoms with Crippen LogP contribution in [-0.2, 0) is 6.42 Å². The molecule has 2 aromatic heterocycles. The van der Waals surface area contributed by atoms with Gasteiger partial charge in [0.1, 0.15) is 11.6 Å². The lowest BCUT2D eigenvalue weighted by Crippen LogP contribution is -2.22. The molecule has 2 amide bonds. The number of anilines is 1. The highest BCUT2D eigenvalue weighted by molar-refractivity contribution is 6.30. The first kappa shape index (κ1) is 20.8. The van der Waals surface area contributed by atoms with E-state index in [4.69, 9.17) is 16.0 Å². The molecule has 0 bridgehead atoms. The summed E-state index contributed by atoms with van der Waals surface area (Å²) in [7, 11) is 0. The van der Waals surface area contributed by atoms with Gasteiger partial charge in [0.05, 0.1) is 5.71 Å². The molecule has 31 heavy (non-hydrogen) atoms. The van der Waals surface area contributed by atoms with Crippen molar-refractivity contribution in [2.45, 2.75) is 33.1 Å². The van der Waals surface area contributed by atoms with Gasteiger partial charge in [-0.1, -0.05) is 11.6 Å². The summed E-state index contributed by atoms with van der Waals surface area (Å²) in [6.07, 6.45) is 3.83. The number of hydrogen-bond donors (Lipinski definition) is 2. The van der Waals surface area contributed by atoms with Gasteiger partial charge in [-0.15, -0.1) is 0 Å². The van der Waals surface area contributed by atoms with Crippen LogP contribution < -0.4 is 10.7 Å². The zero-order valence-electron chi connectivity index (χ0n) is 17.2. The number of hydrogen-bond acceptors (Lipinski definition) is 5. The SMILES string of the molecule is Cc1ccnc(NC(=O)c2oc3c(c2C)/C(=N/NC(=O)c2ccc(Cl)cc2)CCC3)c1. The van der Waals surface area contributed by atoms with E-state index in [1.165, 1.54) is 0 Å². The predicted molar refractivity (Wildman–Crippen MR) is 119 cm³/mol. The monoisotopic (exact) mass is 436 g/mol. The van der Waals surface area contributed by atoms with Crippen molar-refractivity contribution in [3.8, 4) is 0 Å². The Balaban J connectivity index is 1.56. The van der Waals surface area contributed by atoms with Crippen LogP contribution >= 0.6 is 11.6 Å². The zero-order chi connectivity index (χ0) is 22.0. The summed E-state index contributed by atoms with van der Waals surface area (Å²) >= 11 is 5.87. The van der Waals surface area contributed by atoms with Crippen molar-refractivity contribution in [1.82, 2.24) is 10.4 Å². The second-order valence-corrected chi connectivity index (χ2v) is 7.82. The fourth-order valence-corrected chi connectivity index (χ4v) is 3.68. The summed E-state index contributed by atoms with van der Waals surface area (Å²) in [4.78, 5) is 29.3. The number of pyridine rings is 1. The van der Waals surface area contributed by atoms with Gasteiger partial charge in [0, 0.05) is 34.3 Å². The fourth-order valence-electron chi connectivity index (χ4n) is 3.56. The standard InChI is InChI=1S/C23H21ClN4O3/c1-13-10-11-25-19(12-13)26-23(30)21-14(2)20-17(4-3-5-18(20)31-21)27-28-22(29)15-6-8-16(24)9-7-15/h6-12H,3-5H2,1-2H3,(H,28,29)(H,25,26,30)/b27-17+. The quantitative estimate of drug-likeness (QED) is 0.581. The van der Waals surface area contributed by atoms with Gasteiger partial charge in [0.15, 0.2) is 5.76 Å². The number of aryl methyl sites for hydroxylation is 2. The van der Waals surface area contributed by atoms with Gasteiger partial charge in [-0.25, -0.2) is 10.4 Å². The number of rotatable bonds is 4. The number of benzene rings is 1. The van der Waals surface area contributed by atoms with Crippen LogP contribution in [0.15, 0.2) is 52.1 Å². The van der Waals surface area contributed by atoms with E-state index < -0.39 is 0 Å². The molecule has 2 N–H and O–H groups in total. The number of nitrogens with one attached hydrogen (secondary N) is 2. The maximum absolute atomic E-state index is 12.8. The van der Waals surface area contributed by atoms with Crippen molar-refractivity contribution >= 4 is 34.9 Å². The molecule has 0 saturated heterocycles. The minimum atomic E-state index is -0.366. The molecule has 2 heterocycles. The number of furan rings is 1. The van der Waals surface area contributed by atoms with Crippen LogP contribution in [0.5, 0.6) is 0 Å². The lowest BCUT2D eigenvalue weighted by atomic mass is 9.93. The van der Waals surface area contributed by atoms with Crippen LogP contribution in [0.3, 0.4) is 0 Å². The number of fused-ring (bicyclic) bond motifs is 1. The van der Waals surface area contributed by atoms with Crippen molar-refractivity contribution in [3.05, 3.63) is 81.4 Å². The summed E-state index contributed by atoms with van der Waals surface area (Å²) in [5.41, 5.74) is 6.21. The number of halogens is 1. The molecule has 0 radical (unpaired) electrons. The summed E-state index contributed by atoms with van der Waals surface area (Å²) in [5, 5.41) is 7.66. The average molecular weight is 437 g/mol. The molecular formula is C23H21ClN4O3. The van der Waals surface area contributed by atoms with Gasteiger partial charge < -0.3 is 9.73 Å². The van der Waals surface area contributed by atoms with Crippen molar-refractivity contribution in [2.24, 2.45) is 5.10 Å². The Morgan fingerprint density at radius 2 is 1.87 bits per heavy atom. The molecule has 158 valence electrons. The lowest BCUT2D eigenvalue weighted by Gasteiger charge is -2.13. The van der Waals surface area contributed by atoms with Gasteiger partial charge in [-0.05, 0) is 68.7 Å². The molecule has 0 unspecified atom stereocenters. The fraction of sp³-hybridized carbons (Fsp3) is 0.217. The second-order valence-electron chi connectivity index (χ2n) is 7.39. The number of carbonyl (C=O) groups excluding carboxylic acids is 2. The van der Waals surface area contributed by atoms with E-state index in [-0.39, 0.29) is 17.6 Å². The average Bonchev–Trinajstić information content (AvgIpc) is 3.10. The molecule has 0 saturated carbocycles. The van der Waals surface area contributed by atoms with E-state index >= 15 is 0 Å². The van der Waals surface area contributed by atoms with E-state index in [2.05, 4.69) is 20.8 Å².